The zero-order valence-corrected chi connectivity index (χ0v) is 11.6. The summed E-state index contributed by atoms with van der Waals surface area (Å²) in [6.45, 7) is 0. The number of carbonyl (C=O) groups excluding carboxylic acids is 2. The van der Waals surface area contributed by atoms with Crippen molar-refractivity contribution >= 4 is 11.6 Å². The van der Waals surface area contributed by atoms with Crippen LogP contribution in [0.15, 0.2) is 24.3 Å². The van der Waals surface area contributed by atoms with Crippen LogP contribution in [0.5, 0.6) is 0 Å². The summed E-state index contributed by atoms with van der Waals surface area (Å²) in [5.74, 6) is -0.545. The van der Waals surface area contributed by atoms with E-state index in [4.69, 9.17) is 0 Å². The minimum Gasteiger partial charge on any atom is -0.299 e. The van der Waals surface area contributed by atoms with Crippen LogP contribution in [0.1, 0.15) is 54.4 Å². The molecule has 1 aromatic rings. The molecule has 0 aliphatic heterocycles. The normalized spacial score (nSPS) is 16.7. The molecule has 0 spiro atoms. The minimum absolute atomic E-state index is 0.0582. The summed E-state index contributed by atoms with van der Waals surface area (Å²) < 4.78 is 37.3. The van der Waals surface area contributed by atoms with Crippen LogP contribution in [-0.2, 0) is 11.0 Å². The molecule has 1 aliphatic carbocycles. The lowest BCUT2D eigenvalue weighted by atomic mass is 9.84. The van der Waals surface area contributed by atoms with E-state index in [0.29, 0.717) is 0 Å². The van der Waals surface area contributed by atoms with Gasteiger partial charge in [0.05, 0.1) is 12.0 Å². The molecule has 1 aliphatic rings. The fraction of sp³-hybridized carbons (Fsp3) is 0.500. The Morgan fingerprint density at radius 2 is 1.57 bits per heavy atom. The smallest absolute Gasteiger partial charge is 0.299 e. The van der Waals surface area contributed by atoms with E-state index in [1.165, 1.54) is 0 Å². The van der Waals surface area contributed by atoms with Gasteiger partial charge in [-0.15, -0.1) is 0 Å². The molecule has 0 N–H and O–H groups in total. The SMILES string of the molecule is O=C(CC(=O)C1CCCCC1)c1ccc(C(F)(F)F)cc1. The Hall–Kier alpha value is -1.65. The molecule has 1 saturated carbocycles. The molecule has 0 saturated heterocycles. The Labute approximate surface area is 121 Å². The molecule has 0 unspecified atom stereocenters. The van der Waals surface area contributed by atoms with Crippen molar-refractivity contribution < 1.29 is 22.8 Å². The zero-order chi connectivity index (χ0) is 15.5. The molecule has 2 nitrogen and oxygen atoms in total. The Bertz CT molecular complexity index is 511. The maximum absolute atomic E-state index is 12.4. The quantitative estimate of drug-likeness (QED) is 0.609. The summed E-state index contributed by atoms with van der Waals surface area (Å²) in [5.41, 5.74) is -0.634. The van der Waals surface area contributed by atoms with Crippen LogP contribution in [0.3, 0.4) is 0 Å². The second-order valence-electron chi connectivity index (χ2n) is 5.48. The van der Waals surface area contributed by atoms with Crippen LogP contribution in [-0.4, -0.2) is 11.6 Å². The maximum atomic E-state index is 12.4. The Morgan fingerprint density at radius 3 is 2.10 bits per heavy atom. The van der Waals surface area contributed by atoms with Gasteiger partial charge in [0.25, 0.3) is 0 Å². The van der Waals surface area contributed by atoms with E-state index < -0.39 is 17.5 Å². The number of hydrogen-bond donors (Lipinski definition) is 0. The topological polar surface area (TPSA) is 34.1 Å². The largest absolute Gasteiger partial charge is 0.416 e. The van der Waals surface area contributed by atoms with Gasteiger partial charge < -0.3 is 0 Å². The molecule has 1 fully saturated rings. The summed E-state index contributed by atoms with van der Waals surface area (Å²) in [6.07, 6.45) is 0.139. The molecular formula is C16H17F3O2. The number of Topliss-reactive ketones (excluding diaryl/α,β-unsaturated/α-hetero) is 2. The summed E-state index contributed by atoms with van der Waals surface area (Å²) in [4.78, 5) is 24.0. The number of benzene rings is 1. The van der Waals surface area contributed by atoms with Crippen molar-refractivity contribution in [3.8, 4) is 0 Å². The van der Waals surface area contributed by atoms with Crippen LogP contribution < -0.4 is 0 Å². The number of hydrogen-bond acceptors (Lipinski definition) is 2. The van der Waals surface area contributed by atoms with Gasteiger partial charge in [0, 0.05) is 11.5 Å². The lowest BCUT2D eigenvalue weighted by Gasteiger charge is -2.19. The van der Waals surface area contributed by atoms with E-state index in [2.05, 4.69) is 0 Å². The molecule has 0 heterocycles. The van der Waals surface area contributed by atoms with Gasteiger partial charge in [0.1, 0.15) is 5.78 Å². The first-order chi connectivity index (χ1) is 9.88. The van der Waals surface area contributed by atoms with E-state index in [9.17, 15) is 22.8 Å². The molecule has 0 amide bonds. The first kappa shape index (κ1) is 15.7. The number of carbonyl (C=O) groups is 2. The highest BCUT2D eigenvalue weighted by Crippen LogP contribution is 2.29. The number of alkyl halides is 3. The van der Waals surface area contributed by atoms with Gasteiger partial charge in [-0.05, 0) is 25.0 Å². The first-order valence-electron chi connectivity index (χ1n) is 7.11. The van der Waals surface area contributed by atoms with E-state index in [1.54, 1.807) is 0 Å². The van der Waals surface area contributed by atoms with Crippen LogP contribution in [0.25, 0.3) is 0 Å². The first-order valence-corrected chi connectivity index (χ1v) is 7.11. The van der Waals surface area contributed by atoms with Gasteiger partial charge in [-0.3, -0.25) is 9.59 Å². The van der Waals surface area contributed by atoms with Crippen LogP contribution in [0.4, 0.5) is 13.2 Å². The fourth-order valence-electron chi connectivity index (χ4n) is 2.67. The van der Waals surface area contributed by atoms with Crippen LogP contribution in [0, 0.1) is 5.92 Å². The van der Waals surface area contributed by atoms with Crippen LogP contribution >= 0.6 is 0 Å². The maximum Gasteiger partial charge on any atom is 0.416 e. The summed E-state index contributed by atoms with van der Waals surface area (Å²) >= 11 is 0. The van der Waals surface area contributed by atoms with Gasteiger partial charge in [0.2, 0.25) is 0 Å². The molecule has 5 heteroatoms. The second kappa shape index (κ2) is 6.41. The molecule has 0 bridgehead atoms. The average Bonchev–Trinajstić information content (AvgIpc) is 2.47. The molecule has 21 heavy (non-hydrogen) atoms. The molecule has 0 aromatic heterocycles. The van der Waals surface area contributed by atoms with Gasteiger partial charge >= 0.3 is 6.18 Å². The third kappa shape index (κ3) is 4.16. The highest BCUT2D eigenvalue weighted by atomic mass is 19.4. The molecule has 0 atom stereocenters. The Balaban J connectivity index is 1.98. The van der Waals surface area contributed by atoms with Crippen molar-refractivity contribution in [1.82, 2.24) is 0 Å². The van der Waals surface area contributed by atoms with Crippen molar-refractivity contribution in [2.75, 3.05) is 0 Å². The van der Waals surface area contributed by atoms with Crippen molar-refractivity contribution in [2.24, 2.45) is 5.92 Å². The average molecular weight is 298 g/mol. The van der Waals surface area contributed by atoms with Crippen molar-refractivity contribution in [3.05, 3.63) is 35.4 Å². The van der Waals surface area contributed by atoms with Crippen molar-refractivity contribution in [3.63, 3.8) is 0 Å². The summed E-state index contributed by atoms with van der Waals surface area (Å²) in [5, 5.41) is 0. The lowest BCUT2D eigenvalue weighted by molar-refractivity contribution is -0.137. The molecule has 1 aromatic carbocycles. The zero-order valence-electron chi connectivity index (χ0n) is 11.6. The number of rotatable bonds is 4. The third-order valence-corrected chi connectivity index (χ3v) is 3.93. The van der Waals surface area contributed by atoms with E-state index in [-0.39, 0.29) is 23.7 Å². The number of ketones is 2. The lowest BCUT2D eigenvalue weighted by Crippen LogP contribution is -2.20. The standard InChI is InChI=1S/C16H17F3O2/c17-16(18,19)13-8-6-12(7-9-13)15(21)10-14(20)11-4-2-1-3-5-11/h6-9,11H,1-5,10H2. The summed E-state index contributed by atoms with van der Waals surface area (Å²) in [6, 6.07) is 4.02. The molecule has 0 radical (unpaired) electrons. The highest BCUT2D eigenvalue weighted by Gasteiger charge is 2.30. The molecule has 2 rings (SSSR count). The van der Waals surface area contributed by atoms with Crippen molar-refractivity contribution in [2.45, 2.75) is 44.7 Å². The molecule has 114 valence electrons. The highest BCUT2D eigenvalue weighted by molar-refractivity contribution is 6.08. The second-order valence-corrected chi connectivity index (χ2v) is 5.48. The third-order valence-electron chi connectivity index (χ3n) is 3.93. The molecular weight excluding hydrogens is 281 g/mol. The monoisotopic (exact) mass is 298 g/mol. The Kier molecular flexibility index (Phi) is 4.80. The number of halogens is 3. The minimum atomic E-state index is -4.42. The van der Waals surface area contributed by atoms with Crippen LogP contribution in [0.2, 0.25) is 0 Å². The predicted octanol–water partition coefficient (Wildman–Crippen LogP) is 4.43. The van der Waals surface area contributed by atoms with E-state index >= 15 is 0 Å². The van der Waals surface area contributed by atoms with E-state index in [0.717, 1.165) is 56.4 Å². The van der Waals surface area contributed by atoms with Gasteiger partial charge in [0.15, 0.2) is 5.78 Å². The Morgan fingerprint density at radius 1 is 1.00 bits per heavy atom. The van der Waals surface area contributed by atoms with E-state index in [1.807, 2.05) is 0 Å². The van der Waals surface area contributed by atoms with Gasteiger partial charge in [-0.1, -0.05) is 31.4 Å². The summed E-state index contributed by atoms with van der Waals surface area (Å²) in [7, 11) is 0. The predicted molar refractivity (Wildman–Crippen MR) is 72.0 cm³/mol. The van der Waals surface area contributed by atoms with Gasteiger partial charge in [-0.2, -0.15) is 13.2 Å². The van der Waals surface area contributed by atoms with Crippen molar-refractivity contribution in [1.29, 1.82) is 0 Å². The van der Waals surface area contributed by atoms with Gasteiger partial charge in [-0.25, -0.2) is 0 Å². The fourth-order valence-corrected chi connectivity index (χ4v) is 2.67.